The van der Waals surface area contributed by atoms with Crippen molar-refractivity contribution in [3.05, 3.63) is 47.9 Å². The molecule has 1 amide bonds. The molecule has 6 heteroatoms. The Kier molecular flexibility index (Phi) is 4.12. The van der Waals surface area contributed by atoms with E-state index in [0.717, 1.165) is 5.56 Å². The van der Waals surface area contributed by atoms with Gasteiger partial charge in [0, 0.05) is 18.5 Å². The Bertz CT molecular complexity index is 901. The van der Waals surface area contributed by atoms with Crippen molar-refractivity contribution in [3.63, 3.8) is 0 Å². The van der Waals surface area contributed by atoms with E-state index >= 15 is 0 Å². The third-order valence-electron chi connectivity index (χ3n) is 3.79. The fourth-order valence-electron chi connectivity index (χ4n) is 2.53. The zero-order chi connectivity index (χ0) is 17.3. The molecule has 0 aliphatic rings. The van der Waals surface area contributed by atoms with E-state index < -0.39 is 0 Å². The molecule has 0 fully saturated rings. The molecule has 6 nitrogen and oxygen atoms in total. The molecule has 0 aliphatic heterocycles. The predicted molar refractivity (Wildman–Crippen MR) is 90.0 cm³/mol. The largest absolute Gasteiger partial charge is 0.504 e. The number of carbonyl (C=O) groups excluding carboxylic acids is 1. The number of hydrogen-bond acceptors (Lipinski definition) is 5. The van der Waals surface area contributed by atoms with E-state index in [0.29, 0.717) is 29.1 Å². The Morgan fingerprint density at radius 3 is 2.75 bits per heavy atom. The van der Waals surface area contributed by atoms with E-state index in [-0.39, 0.29) is 23.3 Å². The molecule has 0 aliphatic carbocycles. The van der Waals surface area contributed by atoms with E-state index in [1.54, 1.807) is 38.1 Å². The monoisotopic (exact) mass is 326 g/mol. The lowest BCUT2D eigenvalue weighted by atomic mass is 10.00. The summed E-state index contributed by atoms with van der Waals surface area (Å²) in [7, 11) is 0. The van der Waals surface area contributed by atoms with Crippen molar-refractivity contribution >= 4 is 22.7 Å². The van der Waals surface area contributed by atoms with Crippen LogP contribution in [0.4, 0.5) is 5.69 Å². The topological polar surface area (TPSA) is 95.6 Å². The van der Waals surface area contributed by atoms with Crippen molar-refractivity contribution in [2.45, 2.75) is 20.3 Å². The van der Waals surface area contributed by atoms with Crippen LogP contribution in [-0.4, -0.2) is 21.1 Å². The van der Waals surface area contributed by atoms with Crippen LogP contribution in [0.25, 0.3) is 11.1 Å². The first-order valence-electron chi connectivity index (χ1n) is 7.61. The average molecular weight is 326 g/mol. The quantitative estimate of drug-likeness (QED) is 0.639. The molecule has 1 atom stereocenters. The molecular weight excluding hydrogens is 308 g/mol. The van der Waals surface area contributed by atoms with Crippen molar-refractivity contribution < 1.29 is 19.4 Å². The molecule has 124 valence electrons. The van der Waals surface area contributed by atoms with Gasteiger partial charge in [-0.3, -0.25) is 4.79 Å². The summed E-state index contributed by atoms with van der Waals surface area (Å²) in [5.41, 5.74) is 2.80. The number of benzene rings is 2. The molecule has 0 radical (unpaired) electrons. The van der Waals surface area contributed by atoms with Crippen LogP contribution in [-0.2, 0) is 11.2 Å². The summed E-state index contributed by atoms with van der Waals surface area (Å²) in [4.78, 5) is 16.6. The van der Waals surface area contributed by atoms with Gasteiger partial charge in [-0.15, -0.1) is 0 Å². The maximum atomic E-state index is 12.3. The summed E-state index contributed by atoms with van der Waals surface area (Å²) in [6.45, 7) is 3.57. The highest BCUT2D eigenvalue weighted by atomic mass is 16.3. The number of anilines is 1. The lowest BCUT2D eigenvalue weighted by Gasteiger charge is -2.12. The third-order valence-corrected chi connectivity index (χ3v) is 3.79. The van der Waals surface area contributed by atoms with E-state index in [2.05, 4.69) is 10.3 Å². The maximum absolute atomic E-state index is 12.3. The first-order valence-corrected chi connectivity index (χ1v) is 7.61. The Morgan fingerprint density at radius 1 is 1.21 bits per heavy atom. The first kappa shape index (κ1) is 15.9. The van der Waals surface area contributed by atoms with Crippen molar-refractivity contribution in [2.24, 2.45) is 5.92 Å². The summed E-state index contributed by atoms with van der Waals surface area (Å²) in [6.07, 6.45) is 0.449. The second kappa shape index (κ2) is 6.23. The summed E-state index contributed by atoms with van der Waals surface area (Å²) in [5, 5.41) is 21.7. The molecule has 0 bridgehead atoms. The molecule has 1 unspecified atom stereocenters. The average Bonchev–Trinajstić information content (AvgIpc) is 2.90. The molecule has 0 saturated carbocycles. The molecule has 0 saturated heterocycles. The highest BCUT2D eigenvalue weighted by molar-refractivity contribution is 5.94. The van der Waals surface area contributed by atoms with E-state index in [1.165, 1.54) is 12.1 Å². The number of nitrogens with one attached hydrogen (secondary N) is 1. The molecule has 1 heterocycles. The molecule has 24 heavy (non-hydrogen) atoms. The number of aryl methyl sites for hydroxylation is 1. The van der Waals surface area contributed by atoms with E-state index in [1.807, 2.05) is 0 Å². The maximum Gasteiger partial charge on any atom is 0.227 e. The number of phenols is 2. The van der Waals surface area contributed by atoms with Gasteiger partial charge in [0.2, 0.25) is 5.91 Å². The first-order chi connectivity index (χ1) is 11.4. The highest BCUT2D eigenvalue weighted by Crippen LogP contribution is 2.26. The second-order valence-electron chi connectivity index (χ2n) is 5.83. The minimum atomic E-state index is -0.302. The van der Waals surface area contributed by atoms with Gasteiger partial charge in [-0.25, -0.2) is 4.98 Å². The van der Waals surface area contributed by atoms with Crippen LogP contribution in [0.3, 0.4) is 0 Å². The number of amides is 1. The standard InChI is InChI=1S/C18H18N2O4/c1-10(7-12-3-5-15(21)16(22)8-12)18(23)20-13-4-6-17-14(9-13)19-11(2)24-17/h3-6,8-10,21-22H,7H2,1-2H3,(H,20,23). The van der Waals surface area contributed by atoms with Crippen LogP contribution in [0.15, 0.2) is 40.8 Å². The van der Waals surface area contributed by atoms with Gasteiger partial charge in [0.05, 0.1) is 0 Å². The molecular formula is C18H18N2O4. The zero-order valence-corrected chi connectivity index (χ0v) is 13.4. The number of nitrogens with zero attached hydrogens (tertiary/aromatic N) is 1. The van der Waals surface area contributed by atoms with Gasteiger partial charge in [0.15, 0.2) is 23.0 Å². The van der Waals surface area contributed by atoms with Crippen LogP contribution >= 0.6 is 0 Å². The van der Waals surface area contributed by atoms with Gasteiger partial charge in [0.25, 0.3) is 0 Å². The van der Waals surface area contributed by atoms with E-state index in [9.17, 15) is 15.0 Å². The number of aromatic nitrogens is 1. The summed E-state index contributed by atoms with van der Waals surface area (Å²) < 4.78 is 5.41. The molecule has 3 rings (SSSR count). The number of rotatable bonds is 4. The fraction of sp³-hybridized carbons (Fsp3) is 0.222. The number of hydrogen-bond donors (Lipinski definition) is 3. The van der Waals surface area contributed by atoms with Gasteiger partial charge in [-0.05, 0) is 42.3 Å². The van der Waals surface area contributed by atoms with Gasteiger partial charge >= 0.3 is 0 Å². The minimum Gasteiger partial charge on any atom is -0.504 e. The van der Waals surface area contributed by atoms with Crippen LogP contribution in [0, 0.1) is 12.8 Å². The minimum absolute atomic E-state index is 0.137. The number of carbonyl (C=O) groups is 1. The number of phenolic OH excluding ortho intramolecular Hbond substituents is 2. The Labute approximate surface area is 138 Å². The van der Waals surface area contributed by atoms with Gasteiger partial charge in [-0.2, -0.15) is 0 Å². The molecule has 1 aromatic heterocycles. The number of aromatic hydroxyl groups is 2. The van der Waals surface area contributed by atoms with Crippen LogP contribution in [0.5, 0.6) is 11.5 Å². The Morgan fingerprint density at radius 2 is 2.00 bits per heavy atom. The number of oxazole rings is 1. The second-order valence-corrected chi connectivity index (χ2v) is 5.83. The van der Waals surface area contributed by atoms with E-state index in [4.69, 9.17) is 4.42 Å². The Hall–Kier alpha value is -3.02. The fourth-order valence-corrected chi connectivity index (χ4v) is 2.53. The molecule has 2 aromatic carbocycles. The summed E-state index contributed by atoms with van der Waals surface area (Å²) in [5.74, 6) is -0.223. The third kappa shape index (κ3) is 3.32. The van der Waals surface area contributed by atoms with Gasteiger partial charge < -0.3 is 19.9 Å². The number of fused-ring (bicyclic) bond motifs is 1. The van der Waals surface area contributed by atoms with Crippen molar-refractivity contribution in [2.75, 3.05) is 5.32 Å². The predicted octanol–water partition coefficient (Wildman–Crippen LogP) is 3.36. The van der Waals surface area contributed by atoms with Gasteiger partial charge in [-0.1, -0.05) is 13.0 Å². The smallest absolute Gasteiger partial charge is 0.227 e. The summed E-state index contributed by atoms with van der Waals surface area (Å²) >= 11 is 0. The van der Waals surface area contributed by atoms with Crippen molar-refractivity contribution in [3.8, 4) is 11.5 Å². The lowest BCUT2D eigenvalue weighted by Crippen LogP contribution is -2.22. The highest BCUT2D eigenvalue weighted by Gasteiger charge is 2.15. The van der Waals surface area contributed by atoms with Gasteiger partial charge in [0.1, 0.15) is 5.52 Å². The zero-order valence-electron chi connectivity index (χ0n) is 13.4. The van der Waals surface area contributed by atoms with Crippen LogP contribution in [0.1, 0.15) is 18.4 Å². The van der Waals surface area contributed by atoms with Crippen molar-refractivity contribution in [1.82, 2.24) is 4.98 Å². The van der Waals surface area contributed by atoms with Crippen LogP contribution < -0.4 is 5.32 Å². The normalized spacial score (nSPS) is 12.2. The summed E-state index contributed by atoms with van der Waals surface area (Å²) in [6, 6.07) is 9.86. The SMILES string of the molecule is Cc1nc2cc(NC(=O)C(C)Cc3ccc(O)c(O)c3)ccc2o1. The Balaban J connectivity index is 1.69. The molecule has 0 spiro atoms. The lowest BCUT2D eigenvalue weighted by molar-refractivity contribution is -0.119. The molecule has 3 N–H and O–H groups in total. The van der Waals surface area contributed by atoms with Crippen molar-refractivity contribution in [1.29, 1.82) is 0 Å². The molecule has 3 aromatic rings. The van der Waals surface area contributed by atoms with Crippen LogP contribution in [0.2, 0.25) is 0 Å².